The van der Waals surface area contributed by atoms with Crippen LogP contribution in [0.3, 0.4) is 0 Å². The number of aldehydes is 1. The molecule has 1 aliphatic heterocycles. The lowest BCUT2D eigenvalue weighted by molar-refractivity contribution is -0.0175. The molecule has 0 amide bonds. The Morgan fingerprint density at radius 2 is 2.14 bits per heavy atom. The molecule has 5 heteroatoms. The molecule has 108 valence electrons. The van der Waals surface area contributed by atoms with Gasteiger partial charge in [-0.1, -0.05) is 23.7 Å². The Labute approximate surface area is 127 Å². The Hall–Kier alpha value is -2.04. The Balaban J connectivity index is 1.85. The molecule has 4 nitrogen and oxygen atoms in total. The van der Waals surface area contributed by atoms with E-state index in [1.54, 1.807) is 24.3 Å². The van der Waals surface area contributed by atoms with Crippen molar-refractivity contribution in [3.05, 3.63) is 58.1 Å². The van der Waals surface area contributed by atoms with Crippen LogP contribution in [0.15, 0.2) is 36.4 Å². The first kappa shape index (κ1) is 13.9. The zero-order valence-corrected chi connectivity index (χ0v) is 11.9. The smallest absolute Gasteiger partial charge is 0.189 e. The van der Waals surface area contributed by atoms with Crippen LogP contribution in [0.4, 0.5) is 0 Å². The molecule has 2 aromatic rings. The summed E-state index contributed by atoms with van der Waals surface area (Å²) < 4.78 is 16.5. The van der Waals surface area contributed by atoms with Crippen molar-refractivity contribution in [3.63, 3.8) is 0 Å². The summed E-state index contributed by atoms with van der Waals surface area (Å²) in [5, 5.41) is 0.602. The molecule has 0 unspecified atom stereocenters. The maximum absolute atomic E-state index is 11.0. The molecule has 0 saturated carbocycles. The van der Waals surface area contributed by atoms with Crippen LogP contribution in [0, 0.1) is 0 Å². The van der Waals surface area contributed by atoms with Crippen LogP contribution < -0.4 is 9.47 Å². The van der Waals surface area contributed by atoms with Gasteiger partial charge in [0.2, 0.25) is 0 Å². The van der Waals surface area contributed by atoms with Gasteiger partial charge in [0.25, 0.3) is 0 Å². The number of ether oxygens (including phenoxy) is 3. The second-order valence-electron chi connectivity index (χ2n) is 4.61. The minimum atomic E-state index is 0.215. The van der Waals surface area contributed by atoms with Gasteiger partial charge in [0.1, 0.15) is 18.1 Å². The lowest BCUT2D eigenvalue weighted by Crippen LogP contribution is -2.14. The van der Waals surface area contributed by atoms with E-state index in [9.17, 15) is 4.79 Å². The molecule has 21 heavy (non-hydrogen) atoms. The van der Waals surface area contributed by atoms with E-state index >= 15 is 0 Å². The molecule has 0 radical (unpaired) electrons. The van der Waals surface area contributed by atoms with Gasteiger partial charge in [0.15, 0.2) is 13.1 Å². The highest BCUT2D eigenvalue weighted by Gasteiger charge is 2.17. The van der Waals surface area contributed by atoms with E-state index in [-0.39, 0.29) is 13.4 Å². The number of carbonyl (C=O) groups excluding carboxylic acids is 1. The number of benzene rings is 2. The molecule has 1 heterocycles. The van der Waals surface area contributed by atoms with Crippen LogP contribution in [-0.2, 0) is 18.0 Å². The summed E-state index contributed by atoms with van der Waals surface area (Å²) in [5.74, 6) is 1.28. The molecule has 0 spiro atoms. The zero-order valence-electron chi connectivity index (χ0n) is 11.2. The van der Waals surface area contributed by atoms with E-state index in [1.807, 2.05) is 12.1 Å². The summed E-state index contributed by atoms with van der Waals surface area (Å²) in [6.07, 6.45) is 0.771. The number of hydrogen-bond donors (Lipinski definition) is 0. The zero-order chi connectivity index (χ0) is 14.7. The molecule has 0 aliphatic carbocycles. The summed E-state index contributed by atoms with van der Waals surface area (Å²) in [7, 11) is 0. The van der Waals surface area contributed by atoms with Gasteiger partial charge in [-0.25, -0.2) is 0 Å². The highest BCUT2D eigenvalue weighted by Crippen LogP contribution is 2.32. The van der Waals surface area contributed by atoms with Gasteiger partial charge >= 0.3 is 0 Å². The van der Waals surface area contributed by atoms with E-state index in [2.05, 4.69) is 0 Å². The third kappa shape index (κ3) is 3.01. The fourth-order valence-corrected chi connectivity index (χ4v) is 2.49. The van der Waals surface area contributed by atoms with E-state index < -0.39 is 0 Å². The molecule has 1 aliphatic rings. The molecule has 0 saturated heterocycles. The molecule has 3 rings (SSSR count). The van der Waals surface area contributed by atoms with Gasteiger partial charge in [-0.2, -0.15) is 0 Å². The highest BCUT2D eigenvalue weighted by atomic mass is 35.5. The number of halogens is 1. The van der Waals surface area contributed by atoms with Crippen molar-refractivity contribution in [2.24, 2.45) is 0 Å². The summed E-state index contributed by atoms with van der Waals surface area (Å²) >= 11 is 6.10. The monoisotopic (exact) mass is 304 g/mol. The van der Waals surface area contributed by atoms with Crippen LogP contribution >= 0.6 is 11.6 Å². The number of para-hydroxylation sites is 1. The lowest BCUT2D eigenvalue weighted by Gasteiger charge is -2.21. The average molecular weight is 305 g/mol. The number of hydrogen-bond acceptors (Lipinski definition) is 4. The summed E-state index contributed by atoms with van der Waals surface area (Å²) in [6, 6.07) is 10.7. The van der Waals surface area contributed by atoms with Crippen LogP contribution in [0.5, 0.6) is 11.5 Å². The van der Waals surface area contributed by atoms with Crippen LogP contribution in [0.1, 0.15) is 21.5 Å². The second-order valence-corrected chi connectivity index (χ2v) is 5.04. The van der Waals surface area contributed by atoms with Gasteiger partial charge in [0.05, 0.1) is 12.2 Å². The second kappa shape index (κ2) is 6.16. The summed E-state index contributed by atoms with van der Waals surface area (Å²) in [4.78, 5) is 11.0. The Morgan fingerprint density at radius 3 is 3.00 bits per heavy atom. The Bertz CT molecular complexity index is 669. The fourth-order valence-electron chi connectivity index (χ4n) is 2.23. The summed E-state index contributed by atoms with van der Waals surface area (Å²) in [5.41, 5.74) is 2.25. The van der Waals surface area contributed by atoms with Crippen molar-refractivity contribution in [1.82, 2.24) is 0 Å². The van der Waals surface area contributed by atoms with E-state index in [4.69, 9.17) is 25.8 Å². The minimum Gasteiger partial charge on any atom is -0.488 e. The first-order valence-electron chi connectivity index (χ1n) is 6.47. The predicted molar refractivity (Wildman–Crippen MR) is 77.9 cm³/mol. The molecule has 0 N–H and O–H groups in total. The number of rotatable bonds is 4. The quantitative estimate of drug-likeness (QED) is 0.810. The van der Waals surface area contributed by atoms with Gasteiger partial charge in [-0.3, -0.25) is 4.79 Å². The maximum Gasteiger partial charge on any atom is 0.189 e. The Morgan fingerprint density at radius 1 is 1.29 bits per heavy atom. The lowest BCUT2D eigenvalue weighted by atomic mass is 10.1. The molecule has 2 aromatic carbocycles. The van der Waals surface area contributed by atoms with Gasteiger partial charge in [0, 0.05) is 16.1 Å². The first-order chi connectivity index (χ1) is 10.3. The largest absolute Gasteiger partial charge is 0.488 e. The van der Waals surface area contributed by atoms with Crippen molar-refractivity contribution in [1.29, 1.82) is 0 Å². The van der Waals surface area contributed by atoms with Crippen LogP contribution in [0.25, 0.3) is 0 Å². The molecular weight excluding hydrogens is 292 g/mol. The summed E-state index contributed by atoms with van der Waals surface area (Å²) in [6.45, 7) is 0.953. The maximum atomic E-state index is 11.0. The molecule has 0 bridgehead atoms. The number of carbonyl (C=O) groups is 1. The van der Waals surface area contributed by atoms with Crippen molar-refractivity contribution < 1.29 is 19.0 Å². The molecule has 0 fully saturated rings. The average Bonchev–Trinajstić information content (AvgIpc) is 2.52. The minimum absolute atomic E-state index is 0.215. The van der Waals surface area contributed by atoms with E-state index in [0.29, 0.717) is 22.9 Å². The van der Waals surface area contributed by atoms with E-state index in [0.717, 1.165) is 23.2 Å². The third-order valence-corrected chi connectivity index (χ3v) is 3.40. The van der Waals surface area contributed by atoms with Crippen molar-refractivity contribution in [2.75, 3.05) is 6.79 Å². The molecule has 0 aromatic heterocycles. The normalized spacial score (nSPS) is 13.2. The predicted octanol–water partition coefficient (Wildman–Crippen LogP) is 3.60. The number of fused-ring (bicyclic) bond motifs is 1. The first-order valence-corrected chi connectivity index (χ1v) is 6.84. The van der Waals surface area contributed by atoms with Gasteiger partial charge in [-0.05, 0) is 24.3 Å². The Kier molecular flexibility index (Phi) is 4.08. The highest BCUT2D eigenvalue weighted by molar-refractivity contribution is 6.30. The molecule has 0 atom stereocenters. The topological polar surface area (TPSA) is 44.8 Å². The van der Waals surface area contributed by atoms with Gasteiger partial charge < -0.3 is 14.2 Å². The molecular formula is C16H13ClO4. The van der Waals surface area contributed by atoms with E-state index in [1.165, 1.54) is 0 Å². The van der Waals surface area contributed by atoms with Gasteiger partial charge in [-0.15, -0.1) is 0 Å². The van der Waals surface area contributed by atoms with Crippen molar-refractivity contribution >= 4 is 17.9 Å². The van der Waals surface area contributed by atoms with Crippen LogP contribution in [-0.4, -0.2) is 13.1 Å². The van der Waals surface area contributed by atoms with Crippen molar-refractivity contribution in [2.45, 2.75) is 13.2 Å². The van der Waals surface area contributed by atoms with Crippen LogP contribution in [0.2, 0.25) is 5.02 Å². The fraction of sp³-hybridized carbons (Fsp3) is 0.188. The SMILES string of the molecule is O=Cc1ccccc1OCc1cc(Cl)cc2c1OCOC2. The van der Waals surface area contributed by atoms with Crippen molar-refractivity contribution in [3.8, 4) is 11.5 Å². The standard InChI is InChI=1S/C16H13ClO4/c17-14-5-12-8-19-10-21-16(12)13(6-14)9-20-15-4-2-1-3-11(15)7-18/h1-7H,8-10H2. The third-order valence-electron chi connectivity index (χ3n) is 3.18.